The van der Waals surface area contributed by atoms with Crippen LogP contribution in [0, 0.1) is 22.7 Å². The van der Waals surface area contributed by atoms with Gasteiger partial charge in [0.05, 0.1) is 29.0 Å². The standard InChI is InChI=1S/C11H9N5O2/c12-1-3-16(4-2-13)9-6-8-10(5-7(9)14)18-11(17)15-8/h5-6H,3-4,14H2,(H,15,17). The first-order valence-electron chi connectivity index (χ1n) is 5.07. The number of hydrogen-bond donors (Lipinski definition) is 2. The number of nitrogens with one attached hydrogen (secondary N) is 1. The molecule has 0 amide bonds. The predicted molar refractivity (Wildman–Crippen MR) is 64.7 cm³/mol. The number of aromatic amines is 1. The topological polar surface area (TPSA) is 123 Å². The summed E-state index contributed by atoms with van der Waals surface area (Å²) in [6.07, 6.45) is 0. The van der Waals surface area contributed by atoms with Gasteiger partial charge < -0.3 is 15.1 Å². The monoisotopic (exact) mass is 243 g/mol. The molecule has 0 aliphatic rings. The Bertz CT molecular complexity index is 700. The zero-order valence-electron chi connectivity index (χ0n) is 9.30. The van der Waals surface area contributed by atoms with Crippen molar-refractivity contribution < 1.29 is 4.42 Å². The predicted octanol–water partition coefficient (Wildman–Crippen LogP) is 0.557. The Labute approximate surface area is 102 Å². The average molecular weight is 243 g/mol. The normalized spacial score (nSPS) is 9.89. The summed E-state index contributed by atoms with van der Waals surface area (Å²) in [5.41, 5.74) is 7.50. The van der Waals surface area contributed by atoms with Crippen molar-refractivity contribution in [2.75, 3.05) is 23.7 Å². The lowest BCUT2D eigenvalue weighted by atomic mass is 10.2. The van der Waals surface area contributed by atoms with Gasteiger partial charge in [-0.15, -0.1) is 0 Å². The Hall–Kier alpha value is -2.93. The summed E-state index contributed by atoms with van der Waals surface area (Å²) in [4.78, 5) is 15.1. The number of fused-ring (bicyclic) bond motifs is 1. The Morgan fingerprint density at radius 1 is 1.33 bits per heavy atom. The van der Waals surface area contributed by atoms with E-state index in [0.29, 0.717) is 22.5 Å². The fourth-order valence-electron chi connectivity index (χ4n) is 1.67. The number of H-pyrrole nitrogens is 1. The summed E-state index contributed by atoms with van der Waals surface area (Å²) in [6, 6.07) is 6.99. The van der Waals surface area contributed by atoms with Crippen LogP contribution in [0.1, 0.15) is 0 Å². The molecule has 2 aromatic rings. The van der Waals surface area contributed by atoms with Crippen LogP contribution in [0.3, 0.4) is 0 Å². The molecule has 0 atom stereocenters. The van der Waals surface area contributed by atoms with Crippen LogP contribution in [0.15, 0.2) is 21.3 Å². The van der Waals surface area contributed by atoms with E-state index in [1.807, 2.05) is 12.1 Å². The van der Waals surface area contributed by atoms with E-state index in [-0.39, 0.29) is 13.1 Å². The van der Waals surface area contributed by atoms with E-state index in [0.717, 1.165) is 0 Å². The lowest BCUT2D eigenvalue weighted by Crippen LogP contribution is -2.24. The van der Waals surface area contributed by atoms with Gasteiger partial charge in [-0.2, -0.15) is 10.5 Å². The van der Waals surface area contributed by atoms with Crippen LogP contribution < -0.4 is 16.4 Å². The molecule has 90 valence electrons. The number of nitriles is 2. The highest BCUT2D eigenvalue weighted by Crippen LogP contribution is 2.27. The van der Waals surface area contributed by atoms with Gasteiger partial charge in [-0.1, -0.05) is 0 Å². The maximum atomic E-state index is 11.1. The second kappa shape index (κ2) is 4.52. The van der Waals surface area contributed by atoms with Crippen LogP contribution in [0.25, 0.3) is 11.1 Å². The summed E-state index contributed by atoms with van der Waals surface area (Å²) in [5, 5.41) is 17.4. The molecule has 1 aromatic carbocycles. The third-order valence-corrected chi connectivity index (χ3v) is 2.43. The SMILES string of the molecule is N#CCN(CC#N)c1cc2[nH]c(=O)oc2cc1N. The van der Waals surface area contributed by atoms with Crippen molar-refractivity contribution in [3.05, 3.63) is 22.7 Å². The lowest BCUT2D eigenvalue weighted by Gasteiger charge is -2.19. The van der Waals surface area contributed by atoms with E-state index in [1.54, 1.807) is 6.07 Å². The van der Waals surface area contributed by atoms with Crippen molar-refractivity contribution >= 4 is 22.5 Å². The molecular formula is C11H9N5O2. The number of rotatable bonds is 3. The number of nitrogens with two attached hydrogens (primary N) is 1. The molecule has 3 N–H and O–H groups in total. The molecule has 0 saturated heterocycles. The summed E-state index contributed by atoms with van der Waals surface area (Å²) < 4.78 is 4.86. The number of aromatic nitrogens is 1. The molecule has 0 aliphatic heterocycles. The van der Waals surface area contributed by atoms with E-state index in [9.17, 15) is 4.79 Å². The molecular weight excluding hydrogens is 234 g/mol. The highest BCUT2D eigenvalue weighted by molar-refractivity contribution is 5.85. The number of anilines is 2. The van der Waals surface area contributed by atoms with E-state index in [2.05, 4.69) is 4.98 Å². The van der Waals surface area contributed by atoms with Gasteiger partial charge in [0.2, 0.25) is 0 Å². The maximum absolute atomic E-state index is 11.1. The molecule has 2 rings (SSSR count). The van der Waals surface area contributed by atoms with Crippen LogP contribution in [-0.2, 0) is 0 Å². The number of nitrogens with zero attached hydrogens (tertiary/aromatic N) is 3. The van der Waals surface area contributed by atoms with Gasteiger partial charge in [-0.3, -0.25) is 4.98 Å². The zero-order chi connectivity index (χ0) is 13.1. The van der Waals surface area contributed by atoms with Gasteiger partial charge in [0.1, 0.15) is 13.1 Å². The molecule has 1 aromatic heterocycles. The average Bonchev–Trinajstić information content (AvgIpc) is 2.67. The van der Waals surface area contributed by atoms with Gasteiger partial charge in [-0.05, 0) is 6.07 Å². The Balaban J connectivity index is 2.55. The number of benzene rings is 1. The number of nitrogen functional groups attached to an aromatic ring is 1. The summed E-state index contributed by atoms with van der Waals surface area (Å²) >= 11 is 0. The van der Waals surface area contributed by atoms with E-state index in [4.69, 9.17) is 20.7 Å². The third kappa shape index (κ3) is 1.97. The molecule has 0 bridgehead atoms. The molecule has 0 unspecified atom stereocenters. The highest BCUT2D eigenvalue weighted by atomic mass is 16.4. The Morgan fingerprint density at radius 2 is 2.00 bits per heavy atom. The van der Waals surface area contributed by atoms with Gasteiger partial charge >= 0.3 is 5.76 Å². The third-order valence-electron chi connectivity index (χ3n) is 2.43. The Kier molecular flexibility index (Phi) is 2.90. The van der Waals surface area contributed by atoms with E-state index >= 15 is 0 Å². The molecule has 0 fully saturated rings. The van der Waals surface area contributed by atoms with Crippen molar-refractivity contribution in [3.8, 4) is 12.1 Å². The maximum Gasteiger partial charge on any atom is 0.417 e. The molecule has 7 heteroatoms. The van der Waals surface area contributed by atoms with Crippen LogP contribution in [0.5, 0.6) is 0 Å². The summed E-state index contributed by atoms with van der Waals surface area (Å²) in [5.74, 6) is -0.575. The molecule has 0 radical (unpaired) electrons. The smallest absolute Gasteiger partial charge is 0.408 e. The van der Waals surface area contributed by atoms with Crippen molar-refractivity contribution in [1.82, 2.24) is 4.98 Å². The van der Waals surface area contributed by atoms with Crippen molar-refractivity contribution in [2.45, 2.75) is 0 Å². The van der Waals surface area contributed by atoms with Crippen molar-refractivity contribution in [2.24, 2.45) is 0 Å². The zero-order valence-corrected chi connectivity index (χ0v) is 9.30. The minimum atomic E-state index is -0.575. The molecule has 7 nitrogen and oxygen atoms in total. The van der Waals surface area contributed by atoms with Gasteiger partial charge in [0.25, 0.3) is 0 Å². The lowest BCUT2D eigenvalue weighted by molar-refractivity contribution is 0.555. The fraction of sp³-hybridized carbons (Fsp3) is 0.182. The van der Waals surface area contributed by atoms with Crippen molar-refractivity contribution in [3.63, 3.8) is 0 Å². The fourth-order valence-corrected chi connectivity index (χ4v) is 1.67. The molecule has 1 heterocycles. The first-order valence-corrected chi connectivity index (χ1v) is 5.07. The minimum absolute atomic E-state index is 0.0331. The number of hydrogen-bond acceptors (Lipinski definition) is 6. The Morgan fingerprint density at radius 3 is 2.61 bits per heavy atom. The first kappa shape index (κ1) is 11.6. The second-order valence-electron chi connectivity index (χ2n) is 3.59. The summed E-state index contributed by atoms with van der Waals surface area (Å²) in [7, 11) is 0. The largest absolute Gasteiger partial charge is 0.417 e. The van der Waals surface area contributed by atoms with Gasteiger partial charge in [-0.25, -0.2) is 4.79 Å². The minimum Gasteiger partial charge on any atom is -0.408 e. The quantitative estimate of drug-likeness (QED) is 0.599. The van der Waals surface area contributed by atoms with Gasteiger partial charge in [0, 0.05) is 6.07 Å². The van der Waals surface area contributed by atoms with Crippen LogP contribution in [0.2, 0.25) is 0 Å². The van der Waals surface area contributed by atoms with Crippen LogP contribution in [0.4, 0.5) is 11.4 Å². The molecule has 0 saturated carbocycles. The second-order valence-corrected chi connectivity index (χ2v) is 3.59. The van der Waals surface area contributed by atoms with E-state index < -0.39 is 5.76 Å². The molecule has 0 aliphatic carbocycles. The molecule has 0 spiro atoms. The van der Waals surface area contributed by atoms with Crippen LogP contribution in [-0.4, -0.2) is 18.1 Å². The number of oxazole rings is 1. The highest BCUT2D eigenvalue weighted by Gasteiger charge is 2.12. The summed E-state index contributed by atoms with van der Waals surface area (Å²) in [6.45, 7) is 0.0662. The first-order chi connectivity index (χ1) is 8.65. The van der Waals surface area contributed by atoms with Gasteiger partial charge in [0.15, 0.2) is 5.58 Å². The van der Waals surface area contributed by atoms with Crippen molar-refractivity contribution in [1.29, 1.82) is 10.5 Å². The molecule has 18 heavy (non-hydrogen) atoms. The van der Waals surface area contributed by atoms with E-state index in [1.165, 1.54) is 11.0 Å². The van der Waals surface area contributed by atoms with Crippen LogP contribution >= 0.6 is 0 Å².